The molecular formula is C20H24N2S. The molecule has 0 bridgehead atoms. The third-order valence-corrected chi connectivity index (χ3v) is 6.25. The molecule has 2 nitrogen and oxygen atoms in total. The molecular weight excluding hydrogens is 300 g/mol. The van der Waals surface area contributed by atoms with Gasteiger partial charge < -0.3 is 5.32 Å². The minimum atomic E-state index is 0.506. The highest BCUT2D eigenvalue weighted by atomic mass is 32.2. The summed E-state index contributed by atoms with van der Waals surface area (Å²) in [5.41, 5.74) is 3.00. The predicted octanol–water partition coefficient (Wildman–Crippen LogP) is 4.12. The molecule has 0 spiro atoms. The van der Waals surface area contributed by atoms with Gasteiger partial charge in [-0.05, 0) is 42.6 Å². The van der Waals surface area contributed by atoms with Gasteiger partial charge in [0.25, 0.3) is 0 Å². The van der Waals surface area contributed by atoms with Crippen LogP contribution >= 0.6 is 11.8 Å². The van der Waals surface area contributed by atoms with Crippen molar-refractivity contribution in [3.05, 3.63) is 59.7 Å². The molecule has 2 aliphatic heterocycles. The summed E-state index contributed by atoms with van der Waals surface area (Å²) in [6.45, 7) is 5.64. The van der Waals surface area contributed by atoms with E-state index in [1.54, 1.807) is 0 Å². The molecule has 4 rings (SSSR count). The number of benzene rings is 2. The summed E-state index contributed by atoms with van der Waals surface area (Å²) in [6, 6.07) is 19.0. The van der Waals surface area contributed by atoms with E-state index in [2.05, 4.69) is 65.7 Å². The van der Waals surface area contributed by atoms with Crippen LogP contribution in [0.25, 0.3) is 0 Å². The van der Waals surface area contributed by atoms with Crippen LogP contribution in [0.5, 0.6) is 0 Å². The Morgan fingerprint density at radius 2 is 1.87 bits per heavy atom. The molecule has 1 saturated heterocycles. The van der Waals surface area contributed by atoms with E-state index >= 15 is 0 Å². The van der Waals surface area contributed by atoms with Crippen LogP contribution in [0.4, 0.5) is 0 Å². The van der Waals surface area contributed by atoms with Crippen LogP contribution in [0.3, 0.4) is 0 Å². The number of nitrogens with zero attached hydrogens (tertiary/aromatic N) is 1. The Labute approximate surface area is 143 Å². The second-order valence-electron chi connectivity index (χ2n) is 6.51. The Morgan fingerprint density at radius 3 is 2.74 bits per heavy atom. The zero-order valence-corrected chi connectivity index (χ0v) is 14.5. The minimum absolute atomic E-state index is 0.506. The molecule has 2 atom stereocenters. The van der Waals surface area contributed by atoms with Crippen molar-refractivity contribution in [1.29, 1.82) is 0 Å². The van der Waals surface area contributed by atoms with Crippen molar-refractivity contribution in [3.63, 3.8) is 0 Å². The molecule has 1 unspecified atom stereocenters. The fourth-order valence-corrected chi connectivity index (χ4v) is 5.04. The predicted molar refractivity (Wildman–Crippen MR) is 97.1 cm³/mol. The first-order valence-electron chi connectivity index (χ1n) is 8.67. The van der Waals surface area contributed by atoms with Crippen molar-refractivity contribution in [2.75, 3.05) is 19.6 Å². The molecule has 2 aliphatic rings. The smallest absolute Gasteiger partial charge is 0.0400 e. The van der Waals surface area contributed by atoms with Gasteiger partial charge in [0.15, 0.2) is 0 Å². The summed E-state index contributed by atoms with van der Waals surface area (Å²) in [4.78, 5) is 5.54. The van der Waals surface area contributed by atoms with Gasteiger partial charge in [0, 0.05) is 35.0 Å². The lowest BCUT2D eigenvalue weighted by atomic mass is 9.97. The maximum atomic E-state index is 3.63. The van der Waals surface area contributed by atoms with Gasteiger partial charge in [-0.25, -0.2) is 0 Å². The average Bonchev–Trinajstić information content (AvgIpc) is 2.96. The van der Waals surface area contributed by atoms with Gasteiger partial charge in [-0.3, -0.25) is 4.90 Å². The summed E-state index contributed by atoms with van der Waals surface area (Å²) in [5, 5.41) is 3.63. The lowest BCUT2D eigenvalue weighted by Gasteiger charge is -2.28. The molecule has 0 aromatic heterocycles. The van der Waals surface area contributed by atoms with E-state index in [-0.39, 0.29) is 0 Å². The first kappa shape index (κ1) is 15.3. The number of hydrogen-bond acceptors (Lipinski definition) is 3. The first-order valence-corrected chi connectivity index (χ1v) is 9.49. The van der Waals surface area contributed by atoms with Gasteiger partial charge in [0.1, 0.15) is 0 Å². The average molecular weight is 324 g/mol. The van der Waals surface area contributed by atoms with Gasteiger partial charge in [0.05, 0.1) is 0 Å². The van der Waals surface area contributed by atoms with Gasteiger partial charge in [-0.15, -0.1) is 0 Å². The van der Waals surface area contributed by atoms with Crippen LogP contribution in [-0.4, -0.2) is 30.6 Å². The normalized spacial score (nSPS) is 24.0. The van der Waals surface area contributed by atoms with Crippen LogP contribution in [0, 0.1) is 0 Å². The second kappa shape index (κ2) is 6.68. The Kier molecular flexibility index (Phi) is 4.43. The Balaban J connectivity index is 1.68. The van der Waals surface area contributed by atoms with Gasteiger partial charge in [-0.2, -0.15) is 0 Å². The summed E-state index contributed by atoms with van der Waals surface area (Å²) in [6.07, 6.45) is 2.39. The lowest BCUT2D eigenvalue weighted by Crippen LogP contribution is -2.34. The lowest BCUT2D eigenvalue weighted by molar-refractivity contribution is 0.235. The summed E-state index contributed by atoms with van der Waals surface area (Å²) in [5.74, 6) is 0. The minimum Gasteiger partial charge on any atom is -0.313 e. The van der Waals surface area contributed by atoms with Crippen molar-refractivity contribution >= 4 is 11.8 Å². The number of hydrogen-bond donors (Lipinski definition) is 1. The Morgan fingerprint density at radius 1 is 1.09 bits per heavy atom. The van der Waals surface area contributed by atoms with Crippen LogP contribution in [-0.2, 0) is 6.42 Å². The molecule has 2 aromatic rings. The Bertz CT molecular complexity index is 685. The topological polar surface area (TPSA) is 15.3 Å². The third kappa shape index (κ3) is 3.06. The molecule has 0 radical (unpaired) electrons. The number of likely N-dealkylation sites (N-methyl/N-ethyl adjacent to an activating group) is 1. The SMILES string of the molecule is CCNC1CCN([C@H]2Cc3ccccc3Sc3ccccc32)C1. The van der Waals surface area contributed by atoms with Crippen LogP contribution in [0.15, 0.2) is 58.3 Å². The number of likely N-dealkylation sites (tertiary alicyclic amines) is 1. The monoisotopic (exact) mass is 324 g/mol. The number of nitrogens with one attached hydrogen (secondary N) is 1. The van der Waals surface area contributed by atoms with Gasteiger partial charge in [0.2, 0.25) is 0 Å². The van der Waals surface area contributed by atoms with Crippen molar-refractivity contribution in [1.82, 2.24) is 10.2 Å². The van der Waals surface area contributed by atoms with Crippen LogP contribution < -0.4 is 5.32 Å². The largest absolute Gasteiger partial charge is 0.313 e. The second-order valence-corrected chi connectivity index (χ2v) is 7.59. The maximum Gasteiger partial charge on any atom is 0.0400 e. The molecule has 0 aliphatic carbocycles. The molecule has 2 heterocycles. The molecule has 0 amide bonds. The van der Waals surface area contributed by atoms with Crippen molar-refractivity contribution < 1.29 is 0 Å². The van der Waals surface area contributed by atoms with Crippen molar-refractivity contribution in [2.24, 2.45) is 0 Å². The van der Waals surface area contributed by atoms with E-state index in [1.807, 2.05) is 11.8 Å². The number of rotatable bonds is 3. The summed E-state index contributed by atoms with van der Waals surface area (Å²) >= 11 is 1.93. The quantitative estimate of drug-likeness (QED) is 0.914. The van der Waals surface area contributed by atoms with E-state index in [0.717, 1.165) is 13.0 Å². The summed E-state index contributed by atoms with van der Waals surface area (Å²) < 4.78 is 0. The van der Waals surface area contributed by atoms with Crippen molar-refractivity contribution in [3.8, 4) is 0 Å². The molecule has 1 fully saturated rings. The van der Waals surface area contributed by atoms with E-state index in [4.69, 9.17) is 0 Å². The zero-order valence-electron chi connectivity index (χ0n) is 13.7. The molecule has 1 N–H and O–H groups in total. The molecule has 23 heavy (non-hydrogen) atoms. The summed E-state index contributed by atoms with van der Waals surface area (Å²) in [7, 11) is 0. The zero-order chi connectivity index (χ0) is 15.6. The molecule has 0 saturated carbocycles. The van der Waals surface area contributed by atoms with E-state index in [9.17, 15) is 0 Å². The van der Waals surface area contributed by atoms with Crippen molar-refractivity contribution in [2.45, 2.75) is 41.6 Å². The maximum absolute atomic E-state index is 3.63. The molecule has 2 aromatic carbocycles. The van der Waals surface area contributed by atoms with Gasteiger partial charge >= 0.3 is 0 Å². The Hall–Kier alpha value is -1.29. The standard InChI is InChI=1S/C20H24N2S/c1-2-21-16-11-12-22(14-16)18-13-15-7-3-5-9-19(15)23-20-10-6-4-8-17(18)20/h3-10,16,18,21H,2,11-14H2,1H3/t16?,18-/m0/s1. The molecule has 120 valence electrons. The van der Waals surface area contributed by atoms with Crippen LogP contribution in [0.1, 0.15) is 30.5 Å². The highest BCUT2D eigenvalue weighted by Gasteiger charge is 2.32. The van der Waals surface area contributed by atoms with Gasteiger partial charge in [-0.1, -0.05) is 55.1 Å². The fraction of sp³-hybridized carbons (Fsp3) is 0.400. The fourth-order valence-electron chi connectivity index (χ4n) is 3.91. The highest BCUT2D eigenvalue weighted by molar-refractivity contribution is 7.99. The van der Waals surface area contributed by atoms with Crippen LogP contribution in [0.2, 0.25) is 0 Å². The number of fused-ring (bicyclic) bond motifs is 2. The third-order valence-electron chi connectivity index (χ3n) is 5.04. The first-order chi connectivity index (χ1) is 11.3. The van der Waals surface area contributed by atoms with E-state index in [0.29, 0.717) is 12.1 Å². The molecule has 3 heteroatoms. The van der Waals surface area contributed by atoms with E-state index < -0.39 is 0 Å². The van der Waals surface area contributed by atoms with E-state index in [1.165, 1.54) is 40.4 Å². The highest BCUT2D eigenvalue weighted by Crippen LogP contribution is 2.43.